The first-order valence-electron chi connectivity index (χ1n) is 6.87. The van der Waals surface area contributed by atoms with Gasteiger partial charge in [-0.1, -0.05) is 31.4 Å². The SMILES string of the molecule is c1ccc2c(NCC3CCCCC3)ncnc2c1. The van der Waals surface area contributed by atoms with Gasteiger partial charge in [0.1, 0.15) is 12.1 Å². The second-order valence-electron chi connectivity index (χ2n) is 5.12. The van der Waals surface area contributed by atoms with Crippen LogP contribution in [0.25, 0.3) is 10.9 Å². The van der Waals surface area contributed by atoms with E-state index in [2.05, 4.69) is 21.4 Å². The highest BCUT2D eigenvalue weighted by Crippen LogP contribution is 2.25. The van der Waals surface area contributed by atoms with E-state index in [0.29, 0.717) is 0 Å². The molecule has 0 bridgehead atoms. The largest absolute Gasteiger partial charge is 0.369 e. The molecule has 0 atom stereocenters. The lowest BCUT2D eigenvalue weighted by Gasteiger charge is -2.22. The lowest BCUT2D eigenvalue weighted by atomic mass is 9.89. The number of fused-ring (bicyclic) bond motifs is 1. The smallest absolute Gasteiger partial charge is 0.137 e. The van der Waals surface area contributed by atoms with Crippen molar-refractivity contribution in [2.45, 2.75) is 32.1 Å². The normalized spacial score (nSPS) is 16.9. The van der Waals surface area contributed by atoms with Gasteiger partial charge in [-0.3, -0.25) is 0 Å². The molecule has 0 aliphatic heterocycles. The number of hydrogen-bond donors (Lipinski definition) is 1. The van der Waals surface area contributed by atoms with Crippen molar-refractivity contribution in [3.8, 4) is 0 Å². The van der Waals surface area contributed by atoms with Crippen molar-refractivity contribution in [2.75, 3.05) is 11.9 Å². The van der Waals surface area contributed by atoms with Gasteiger partial charge in [-0.2, -0.15) is 0 Å². The molecule has 1 aliphatic rings. The Morgan fingerprint density at radius 3 is 2.78 bits per heavy atom. The van der Waals surface area contributed by atoms with E-state index in [-0.39, 0.29) is 0 Å². The number of rotatable bonds is 3. The van der Waals surface area contributed by atoms with Crippen LogP contribution in [0.4, 0.5) is 5.82 Å². The number of aromatic nitrogens is 2. The van der Waals surface area contributed by atoms with Crippen molar-refractivity contribution in [3.05, 3.63) is 30.6 Å². The fourth-order valence-corrected chi connectivity index (χ4v) is 2.78. The molecular weight excluding hydrogens is 222 g/mol. The van der Waals surface area contributed by atoms with Crippen LogP contribution in [0.15, 0.2) is 30.6 Å². The molecule has 18 heavy (non-hydrogen) atoms. The molecule has 94 valence electrons. The van der Waals surface area contributed by atoms with Crippen LogP contribution in [0.1, 0.15) is 32.1 Å². The maximum atomic E-state index is 4.37. The quantitative estimate of drug-likeness (QED) is 0.891. The summed E-state index contributed by atoms with van der Waals surface area (Å²) in [6.07, 6.45) is 8.54. The first-order valence-corrected chi connectivity index (χ1v) is 6.87. The second kappa shape index (κ2) is 5.34. The molecule has 3 nitrogen and oxygen atoms in total. The summed E-state index contributed by atoms with van der Waals surface area (Å²) >= 11 is 0. The van der Waals surface area contributed by atoms with E-state index >= 15 is 0 Å². The first kappa shape index (κ1) is 11.5. The van der Waals surface area contributed by atoms with Crippen LogP contribution >= 0.6 is 0 Å². The molecule has 0 spiro atoms. The van der Waals surface area contributed by atoms with Gasteiger partial charge in [-0.05, 0) is 30.9 Å². The van der Waals surface area contributed by atoms with Crippen molar-refractivity contribution in [3.63, 3.8) is 0 Å². The van der Waals surface area contributed by atoms with E-state index in [4.69, 9.17) is 0 Å². The Labute approximate surface area is 108 Å². The van der Waals surface area contributed by atoms with E-state index in [1.807, 2.05) is 18.2 Å². The standard InChI is InChI=1S/C15H19N3/c1-2-6-12(7-3-1)10-16-15-13-8-4-5-9-14(13)17-11-18-15/h4-5,8-9,11-12H,1-3,6-7,10H2,(H,16,17,18). The van der Waals surface area contributed by atoms with Gasteiger partial charge in [-0.15, -0.1) is 0 Å². The molecular formula is C15H19N3. The highest BCUT2D eigenvalue weighted by Gasteiger charge is 2.13. The molecule has 1 N–H and O–H groups in total. The van der Waals surface area contributed by atoms with Crippen LogP contribution in [-0.4, -0.2) is 16.5 Å². The maximum absolute atomic E-state index is 4.37. The highest BCUT2D eigenvalue weighted by molar-refractivity contribution is 5.88. The minimum Gasteiger partial charge on any atom is -0.369 e. The van der Waals surface area contributed by atoms with Crippen LogP contribution in [-0.2, 0) is 0 Å². The molecule has 3 rings (SSSR count). The van der Waals surface area contributed by atoms with Crippen LogP contribution < -0.4 is 5.32 Å². The third kappa shape index (κ3) is 2.45. The van der Waals surface area contributed by atoms with E-state index in [1.54, 1.807) is 6.33 Å². The van der Waals surface area contributed by atoms with Crippen molar-refractivity contribution in [1.29, 1.82) is 0 Å². The zero-order chi connectivity index (χ0) is 12.2. The van der Waals surface area contributed by atoms with E-state index in [9.17, 15) is 0 Å². The molecule has 1 heterocycles. The lowest BCUT2D eigenvalue weighted by Crippen LogP contribution is -2.17. The first-order chi connectivity index (χ1) is 8.93. The van der Waals surface area contributed by atoms with E-state index in [0.717, 1.165) is 29.2 Å². The van der Waals surface area contributed by atoms with Crippen LogP contribution in [0.3, 0.4) is 0 Å². The molecule has 2 aromatic rings. The number of anilines is 1. The number of benzene rings is 1. The van der Waals surface area contributed by atoms with Gasteiger partial charge in [0, 0.05) is 11.9 Å². The summed E-state index contributed by atoms with van der Waals surface area (Å²) in [5.41, 5.74) is 1.01. The third-order valence-corrected chi connectivity index (χ3v) is 3.83. The van der Waals surface area contributed by atoms with Crippen molar-refractivity contribution < 1.29 is 0 Å². The molecule has 1 fully saturated rings. The van der Waals surface area contributed by atoms with Gasteiger partial charge in [0.25, 0.3) is 0 Å². The molecule has 0 saturated heterocycles. The predicted octanol–water partition coefficient (Wildman–Crippen LogP) is 3.62. The van der Waals surface area contributed by atoms with Gasteiger partial charge in [0.15, 0.2) is 0 Å². The Balaban J connectivity index is 1.74. The molecule has 3 heteroatoms. The molecule has 1 aliphatic carbocycles. The summed E-state index contributed by atoms with van der Waals surface area (Å²) in [6.45, 7) is 1.04. The molecule has 1 aromatic heterocycles. The van der Waals surface area contributed by atoms with Crippen LogP contribution in [0, 0.1) is 5.92 Å². The van der Waals surface area contributed by atoms with Crippen LogP contribution in [0.2, 0.25) is 0 Å². The third-order valence-electron chi connectivity index (χ3n) is 3.83. The Morgan fingerprint density at radius 2 is 1.89 bits per heavy atom. The van der Waals surface area contributed by atoms with E-state index < -0.39 is 0 Å². The number of hydrogen-bond acceptors (Lipinski definition) is 3. The average molecular weight is 241 g/mol. The van der Waals surface area contributed by atoms with Crippen LogP contribution in [0.5, 0.6) is 0 Å². The fraction of sp³-hybridized carbons (Fsp3) is 0.467. The summed E-state index contributed by atoms with van der Waals surface area (Å²) in [5, 5.41) is 4.63. The summed E-state index contributed by atoms with van der Waals surface area (Å²) < 4.78 is 0. The van der Waals surface area contributed by atoms with E-state index in [1.165, 1.54) is 32.1 Å². The lowest BCUT2D eigenvalue weighted by molar-refractivity contribution is 0.373. The number of nitrogens with zero attached hydrogens (tertiary/aromatic N) is 2. The summed E-state index contributed by atoms with van der Waals surface area (Å²) in [6, 6.07) is 8.17. The highest BCUT2D eigenvalue weighted by atomic mass is 15.0. The zero-order valence-corrected chi connectivity index (χ0v) is 10.6. The zero-order valence-electron chi connectivity index (χ0n) is 10.6. The minimum atomic E-state index is 0.812. The molecule has 0 unspecified atom stereocenters. The van der Waals surface area contributed by atoms with Gasteiger partial charge >= 0.3 is 0 Å². The summed E-state index contributed by atoms with van der Waals surface area (Å²) in [7, 11) is 0. The molecule has 1 saturated carbocycles. The molecule has 1 aromatic carbocycles. The Kier molecular flexibility index (Phi) is 3.40. The maximum Gasteiger partial charge on any atom is 0.137 e. The van der Waals surface area contributed by atoms with Crippen molar-refractivity contribution in [1.82, 2.24) is 9.97 Å². The van der Waals surface area contributed by atoms with Gasteiger partial charge in [0.2, 0.25) is 0 Å². The Bertz CT molecular complexity index is 513. The Hall–Kier alpha value is -1.64. The number of nitrogens with one attached hydrogen (secondary N) is 1. The predicted molar refractivity (Wildman–Crippen MR) is 74.6 cm³/mol. The average Bonchev–Trinajstić information content (AvgIpc) is 2.46. The molecule has 0 radical (unpaired) electrons. The minimum absolute atomic E-state index is 0.812. The van der Waals surface area contributed by atoms with Gasteiger partial charge in [0.05, 0.1) is 5.52 Å². The topological polar surface area (TPSA) is 37.8 Å². The fourth-order valence-electron chi connectivity index (χ4n) is 2.78. The second-order valence-corrected chi connectivity index (χ2v) is 5.12. The summed E-state index contributed by atoms with van der Waals surface area (Å²) in [5.74, 6) is 1.79. The van der Waals surface area contributed by atoms with Gasteiger partial charge in [-0.25, -0.2) is 9.97 Å². The molecule has 0 amide bonds. The summed E-state index contributed by atoms with van der Waals surface area (Å²) in [4.78, 5) is 8.65. The van der Waals surface area contributed by atoms with Crippen molar-refractivity contribution >= 4 is 16.7 Å². The van der Waals surface area contributed by atoms with Crippen molar-refractivity contribution in [2.24, 2.45) is 5.92 Å². The monoisotopic (exact) mass is 241 g/mol. The number of para-hydroxylation sites is 1. The Morgan fingerprint density at radius 1 is 1.06 bits per heavy atom. The van der Waals surface area contributed by atoms with Gasteiger partial charge < -0.3 is 5.32 Å².